The van der Waals surface area contributed by atoms with Crippen molar-refractivity contribution in [1.82, 2.24) is 0 Å². The molecule has 2 aliphatic rings. The van der Waals surface area contributed by atoms with Crippen LogP contribution in [0.2, 0.25) is 0 Å². The van der Waals surface area contributed by atoms with Crippen LogP contribution in [0.4, 0.5) is 0 Å². The summed E-state index contributed by atoms with van der Waals surface area (Å²) in [5.41, 5.74) is 13.0. The molecule has 0 bridgehead atoms. The Balaban J connectivity index is 1.72. The lowest BCUT2D eigenvalue weighted by Gasteiger charge is -2.32. The molecular weight excluding hydrogens is 456 g/mol. The largest absolute Gasteiger partial charge is 0.0659 e. The van der Waals surface area contributed by atoms with E-state index in [0.717, 1.165) is 0 Å². The summed E-state index contributed by atoms with van der Waals surface area (Å²) in [4.78, 5) is 0. The predicted octanol–water partition coefficient (Wildman–Crippen LogP) is 10.1. The van der Waals surface area contributed by atoms with Gasteiger partial charge >= 0.3 is 0 Å². The van der Waals surface area contributed by atoms with Crippen LogP contribution in [0.1, 0.15) is 49.9 Å². The molecule has 0 spiro atoms. The van der Waals surface area contributed by atoms with E-state index in [2.05, 4.69) is 161 Å². The Hall–Kier alpha value is -4.16. The van der Waals surface area contributed by atoms with Crippen molar-refractivity contribution >= 4 is 22.3 Å². The normalized spacial score (nSPS) is 18.0. The highest BCUT2D eigenvalue weighted by atomic mass is 14.5. The zero-order valence-electron chi connectivity index (χ0n) is 22.7. The number of allylic oxidation sites excluding steroid dienone is 8. The van der Waals surface area contributed by atoms with E-state index < -0.39 is 0 Å². The lowest BCUT2D eigenvalue weighted by atomic mass is 9.71. The van der Waals surface area contributed by atoms with Gasteiger partial charge in [-0.15, -0.1) is 0 Å². The fourth-order valence-electron chi connectivity index (χ4n) is 6.32. The van der Waals surface area contributed by atoms with Crippen molar-refractivity contribution in [2.24, 2.45) is 10.8 Å². The summed E-state index contributed by atoms with van der Waals surface area (Å²) >= 11 is 0. The van der Waals surface area contributed by atoms with E-state index in [1.54, 1.807) is 0 Å². The lowest BCUT2D eigenvalue weighted by Crippen LogP contribution is -2.20. The molecule has 0 saturated heterocycles. The minimum absolute atomic E-state index is 0.150. The molecule has 2 aliphatic carbocycles. The molecule has 0 aliphatic heterocycles. The molecule has 0 saturated carbocycles. The van der Waals surface area contributed by atoms with Crippen LogP contribution in [0.5, 0.6) is 0 Å². The maximum atomic E-state index is 2.49. The second-order valence-electron chi connectivity index (χ2n) is 11.5. The minimum Gasteiger partial charge on any atom is -0.0659 e. The van der Waals surface area contributed by atoms with Crippen molar-refractivity contribution in [2.75, 3.05) is 0 Å². The van der Waals surface area contributed by atoms with Gasteiger partial charge in [0.2, 0.25) is 0 Å². The zero-order chi connectivity index (χ0) is 26.3. The minimum atomic E-state index is -0.150. The Labute approximate surface area is 227 Å². The first-order valence-corrected chi connectivity index (χ1v) is 13.5. The molecule has 38 heavy (non-hydrogen) atoms. The molecule has 6 rings (SSSR count). The molecule has 4 aromatic rings. The third-order valence-electron chi connectivity index (χ3n) is 7.88. The van der Waals surface area contributed by atoms with Crippen LogP contribution in [0.15, 0.2) is 145 Å². The van der Waals surface area contributed by atoms with E-state index in [4.69, 9.17) is 0 Å². The first-order chi connectivity index (χ1) is 18.4. The first-order valence-electron chi connectivity index (χ1n) is 13.5. The second kappa shape index (κ2) is 9.30. The van der Waals surface area contributed by atoms with Crippen LogP contribution in [0.25, 0.3) is 22.3 Å². The molecule has 0 amide bonds. The Morgan fingerprint density at radius 2 is 0.605 bits per heavy atom. The second-order valence-corrected chi connectivity index (χ2v) is 11.5. The van der Waals surface area contributed by atoms with Crippen LogP contribution in [0.3, 0.4) is 0 Å². The standard InChI is InChI=1S/C38H34/c1-37(2)25-31(27-17-9-5-10-18-27)33(29-21-13-7-14-22-29)35(37)36-34(30-23-15-8-16-24-30)32(26-38(36,3)4)28-19-11-6-12-20-28/h5-26H,1-4H3. The molecule has 0 radical (unpaired) electrons. The fourth-order valence-corrected chi connectivity index (χ4v) is 6.32. The number of rotatable bonds is 5. The summed E-state index contributed by atoms with van der Waals surface area (Å²) in [7, 11) is 0. The van der Waals surface area contributed by atoms with E-state index in [9.17, 15) is 0 Å². The zero-order valence-corrected chi connectivity index (χ0v) is 22.7. The molecule has 0 fully saturated rings. The number of hydrogen-bond donors (Lipinski definition) is 0. The molecule has 0 atom stereocenters. The summed E-state index contributed by atoms with van der Waals surface area (Å²) in [5, 5.41) is 0. The average molecular weight is 491 g/mol. The summed E-state index contributed by atoms with van der Waals surface area (Å²) < 4.78 is 0. The van der Waals surface area contributed by atoms with Gasteiger partial charge < -0.3 is 0 Å². The highest BCUT2D eigenvalue weighted by Gasteiger charge is 2.44. The fraction of sp³-hybridized carbons (Fsp3) is 0.158. The van der Waals surface area contributed by atoms with Crippen LogP contribution >= 0.6 is 0 Å². The van der Waals surface area contributed by atoms with Crippen LogP contribution in [0, 0.1) is 10.8 Å². The first kappa shape index (κ1) is 24.2. The van der Waals surface area contributed by atoms with Crippen LogP contribution in [-0.4, -0.2) is 0 Å². The number of hydrogen-bond acceptors (Lipinski definition) is 0. The van der Waals surface area contributed by atoms with E-state index in [1.807, 2.05) is 0 Å². The van der Waals surface area contributed by atoms with Gasteiger partial charge in [-0.05, 0) is 55.7 Å². The van der Waals surface area contributed by atoms with Gasteiger partial charge in [-0.3, -0.25) is 0 Å². The molecule has 0 aromatic heterocycles. The van der Waals surface area contributed by atoms with Crippen LogP contribution < -0.4 is 0 Å². The third-order valence-corrected chi connectivity index (χ3v) is 7.88. The molecule has 0 heterocycles. The molecule has 0 N–H and O–H groups in total. The number of benzene rings is 4. The van der Waals surface area contributed by atoms with E-state index in [0.29, 0.717) is 0 Å². The maximum Gasteiger partial charge on any atom is 0.00943 e. The van der Waals surface area contributed by atoms with E-state index in [1.165, 1.54) is 55.7 Å². The van der Waals surface area contributed by atoms with Crippen molar-refractivity contribution in [3.63, 3.8) is 0 Å². The van der Waals surface area contributed by atoms with Gasteiger partial charge in [-0.25, -0.2) is 0 Å². The smallest absolute Gasteiger partial charge is 0.00943 e. The summed E-state index contributed by atoms with van der Waals surface area (Å²) in [5.74, 6) is 0. The van der Waals surface area contributed by atoms with Crippen LogP contribution in [-0.2, 0) is 0 Å². The van der Waals surface area contributed by atoms with Gasteiger partial charge in [-0.1, -0.05) is 161 Å². The van der Waals surface area contributed by atoms with Gasteiger partial charge in [0.1, 0.15) is 0 Å². The quantitative estimate of drug-likeness (QED) is 0.261. The van der Waals surface area contributed by atoms with Crippen molar-refractivity contribution in [3.05, 3.63) is 167 Å². The summed E-state index contributed by atoms with van der Waals surface area (Å²) in [6.07, 6.45) is 4.98. The van der Waals surface area contributed by atoms with E-state index >= 15 is 0 Å². The van der Waals surface area contributed by atoms with Crippen molar-refractivity contribution in [3.8, 4) is 0 Å². The molecule has 0 nitrogen and oxygen atoms in total. The summed E-state index contributed by atoms with van der Waals surface area (Å²) in [6.45, 7) is 9.53. The molecular formula is C38H34. The Morgan fingerprint density at radius 1 is 0.342 bits per heavy atom. The SMILES string of the molecule is CC1(C)C=C(c2ccccc2)C(c2ccccc2)=C1C1=C(c2ccccc2)C(c2ccccc2)=CC1(C)C. The average Bonchev–Trinajstić information content (AvgIpc) is 3.38. The van der Waals surface area contributed by atoms with Gasteiger partial charge in [0, 0.05) is 10.8 Å². The van der Waals surface area contributed by atoms with Crippen molar-refractivity contribution < 1.29 is 0 Å². The van der Waals surface area contributed by atoms with Gasteiger partial charge in [0.25, 0.3) is 0 Å². The van der Waals surface area contributed by atoms with Gasteiger partial charge in [-0.2, -0.15) is 0 Å². The third kappa shape index (κ3) is 4.11. The molecule has 0 heteroatoms. The van der Waals surface area contributed by atoms with Crippen molar-refractivity contribution in [2.45, 2.75) is 27.7 Å². The molecule has 0 unspecified atom stereocenters. The lowest BCUT2D eigenvalue weighted by molar-refractivity contribution is 0.533. The van der Waals surface area contributed by atoms with Gasteiger partial charge in [0.15, 0.2) is 0 Å². The molecule has 4 aromatic carbocycles. The topological polar surface area (TPSA) is 0 Å². The highest BCUT2D eigenvalue weighted by molar-refractivity contribution is 6.16. The van der Waals surface area contributed by atoms with Crippen molar-refractivity contribution in [1.29, 1.82) is 0 Å². The maximum absolute atomic E-state index is 2.49. The van der Waals surface area contributed by atoms with Gasteiger partial charge in [0.05, 0.1) is 0 Å². The predicted molar refractivity (Wildman–Crippen MR) is 163 cm³/mol. The molecule has 186 valence electrons. The summed E-state index contributed by atoms with van der Waals surface area (Å²) in [6, 6.07) is 43.7. The monoisotopic (exact) mass is 490 g/mol. The highest BCUT2D eigenvalue weighted by Crippen LogP contribution is 2.60. The Kier molecular flexibility index (Phi) is 5.92. The Bertz CT molecular complexity index is 1470. The van der Waals surface area contributed by atoms with E-state index in [-0.39, 0.29) is 10.8 Å². The Morgan fingerprint density at radius 3 is 0.895 bits per heavy atom.